The van der Waals surface area contributed by atoms with Gasteiger partial charge in [0.1, 0.15) is 52.5 Å². The van der Waals surface area contributed by atoms with Crippen LogP contribution in [0.2, 0.25) is 0 Å². The van der Waals surface area contributed by atoms with Gasteiger partial charge in [-0.25, -0.2) is 22.6 Å². The van der Waals surface area contributed by atoms with Gasteiger partial charge >= 0.3 is 6.09 Å². The third kappa shape index (κ3) is 7.83. The van der Waals surface area contributed by atoms with Crippen molar-refractivity contribution in [3.05, 3.63) is 54.4 Å². The second-order valence-electron chi connectivity index (χ2n) is 16.7. The summed E-state index contributed by atoms with van der Waals surface area (Å²) in [5.41, 5.74) is -0.0101. The molecule has 2 aliphatic heterocycles. The molecule has 318 valence electrons. The van der Waals surface area contributed by atoms with E-state index in [4.69, 9.17) is 23.6 Å². The van der Waals surface area contributed by atoms with Crippen LogP contribution in [0.1, 0.15) is 83.5 Å². The number of allylic oxidation sites excluding steroid dienone is 1. The number of rotatable bonds is 8. The highest BCUT2D eigenvalue weighted by Gasteiger charge is 2.62. The zero-order valence-electron chi connectivity index (χ0n) is 33.2. The van der Waals surface area contributed by atoms with Crippen LogP contribution in [0, 0.1) is 11.7 Å². The minimum Gasteiger partial charge on any atom is -0.497 e. The maximum absolute atomic E-state index is 14.9. The number of aromatic nitrogens is 1. The molecule has 3 N–H and O–H groups in total. The van der Waals surface area contributed by atoms with E-state index in [2.05, 4.69) is 15.4 Å². The molecule has 0 unspecified atom stereocenters. The minimum absolute atomic E-state index is 0.0654. The van der Waals surface area contributed by atoms with Crippen LogP contribution in [0.25, 0.3) is 33.0 Å². The van der Waals surface area contributed by atoms with E-state index in [0.29, 0.717) is 58.8 Å². The first-order chi connectivity index (χ1) is 28.9. The summed E-state index contributed by atoms with van der Waals surface area (Å²) in [6.07, 6.45) is 9.38. The van der Waals surface area contributed by atoms with Crippen LogP contribution in [-0.4, -0.2) is 90.9 Å². The Hall–Kier alpha value is -5.45. The molecule has 3 aliphatic carbocycles. The summed E-state index contributed by atoms with van der Waals surface area (Å²) < 4.78 is 67.1. The first kappa shape index (κ1) is 40.0. The van der Waals surface area contributed by atoms with Crippen molar-refractivity contribution in [3.63, 3.8) is 0 Å². The number of nitrogens with one attached hydrogen (secondary N) is 3. The molecular formula is C43H48FN5O10S. The molecule has 60 heavy (non-hydrogen) atoms. The molecule has 5 atom stereocenters. The van der Waals surface area contributed by atoms with Gasteiger partial charge in [0, 0.05) is 29.2 Å². The summed E-state index contributed by atoms with van der Waals surface area (Å²) in [4.78, 5) is 62.6. The number of methoxy groups -OCH3 is 1. The number of hydrogen-bond donors (Lipinski definition) is 3. The van der Waals surface area contributed by atoms with Gasteiger partial charge in [-0.3, -0.25) is 19.1 Å². The lowest BCUT2D eigenvalue weighted by atomic mass is 10.0. The predicted molar refractivity (Wildman–Crippen MR) is 217 cm³/mol. The Bertz CT molecular complexity index is 2520. The molecule has 17 heteroatoms. The van der Waals surface area contributed by atoms with E-state index < -0.39 is 74.5 Å². The molecule has 4 fully saturated rings. The number of pyridine rings is 1. The van der Waals surface area contributed by atoms with E-state index in [-0.39, 0.29) is 43.2 Å². The number of amides is 4. The number of ether oxygens (including phenoxy) is 3. The molecule has 4 heterocycles. The lowest BCUT2D eigenvalue weighted by Gasteiger charge is -2.30. The standard InChI is InChI=1S/C43H48FN5O10S/c1-56-27-14-17-30-35(21-27)59-38-36(30)45-32-18-13-25(44)19-31(32)37(38)57-28-20-34-39(50)47-43(41(52)48-60(54,55)29-15-16-29)22-24(43)9-5-3-2-4-6-12-33(40(51)49(34)23-28)46-42(53)58-26-10-7-8-11-26/h5,9,13-14,17-19,21,24,26,28-29,33-34H,2-4,6-8,10-12,15-16,20,22-23H2,1H3,(H,46,53)(H,47,50)(H,48,52)/t24-,28-,33+,34+,43-/m1/s1. The molecule has 2 aromatic carbocycles. The molecule has 15 nitrogen and oxygen atoms in total. The van der Waals surface area contributed by atoms with Crippen LogP contribution in [0.5, 0.6) is 11.5 Å². The fourth-order valence-electron chi connectivity index (χ4n) is 8.95. The van der Waals surface area contributed by atoms with Gasteiger partial charge in [0.05, 0.1) is 24.4 Å². The second kappa shape index (κ2) is 15.9. The first-order valence-electron chi connectivity index (χ1n) is 20.9. The third-order valence-corrected chi connectivity index (χ3v) is 14.3. The summed E-state index contributed by atoms with van der Waals surface area (Å²) in [7, 11) is -2.41. The molecule has 4 aromatic rings. The smallest absolute Gasteiger partial charge is 0.408 e. The van der Waals surface area contributed by atoms with E-state index in [1.807, 2.05) is 12.2 Å². The Labute approximate surface area is 345 Å². The Morgan fingerprint density at radius 2 is 1.78 bits per heavy atom. The Balaban J connectivity index is 1.07. The van der Waals surface area contributed by atoms with Crippen LogP contribution in [-0.2, 0) is 29.1 Å². The Kier molecular flexibility index (Phi) is 10.6. The number of hydrogen-bond acceptors (Lipinski definition) is 11. The topological polar surface area (TPSA) is 195 Å². The highest BCUT2D eigenvalue weighted by atomic mass is 32.2. The fourth-order valence-corrected chi connectivity index (χ4v) is 10.3. The zero-order chi connectivity index (χ0) is 41.8. The molecule has 3 saturated carbocycles. The van der Waals surface area contributed by atoms with E-state index in [9.17, 15) is 32.0 Å². The van der Waals surface area contributed by atoms with Crippen molar-refractivity contribution < 1.29 is 50.6 Å². The van der Waals surface area contributed by atoms with Crippen molar-refractivity contribution in [3.8, 4) is 11.5 Å². The van der Waals surface area contributed by atoms with Gasteiger partial charge < -0.3 is 34.2 Å². The maximum atomic E-state index is 14.9. The van der Waals surface area contributed by atoms with Crippen molar-refractivity contribution in [2.45, 2.75) is 119 Å². The van der Waals surface area contributed by atoms with Gasteiger partial charge in [0.2, 0.25) is 21.8 Å². The number of nitrogens with zero attached hydrogens (tertiary/aromatic N) is 2. The van der Waals surface area contributed by atoms with Crippen LogP contribution < -0.4 is 24.8 Å². The number of sulfonamides is 1. The van der Waals surface area contributed by atoms with Gasteiger partial charge in [-0.1, -0.05) is 25.0 Å². The quantitative estimate of drug-likeness (QED) is 0.185. The highest BCUT2D eigenvalue weighted by molar-refractivity contribution is 7.91. The highest BCUT2D eigenvalue weighted by Crippen LogP contribution is 2.46. The molecule has 0 bridgehead atoms. The summed E-state index contributed by atoms with van der Waals surface area (Å²) in [6, 6.07) is 7.12. The summed E-state index contributed by atoms with van der Waals surface area (Å²) in [5.74, 6) is -2.35. The Morgan fingerprint density at radius 3 is 2.57 bits per heavy atom. The van der Waals surface area contributed by atoms with Crippen LogP contribution >= 0.6 is 0 Å². The van der Waals surface area contributed by atoms with E-state index >= 15 is 0 Å². The number of benzene rings is 2. The third-order valence-electron chi connectivity index (χ3n) is 12.5. The minimum atomic E-state index is -3.94. The number of carbonyl (C=O) groups is 4. The first-order valence-corrected chi connectivity index (χ1v) is 22.5. The van der Waals surface area contributed by atoms with E-state index in [1.54, 1.807) is 18.2 Å². The van der Waals surface area contributed by atoms with Crippen molar-refractivity contribution in [2.24, 2.45) is 5.92 Å². The van der Waals surface area contributed by atoms with Crippen molar-refractivity contribution in [1.82, 2.24) is 25.2 Å². The number of halogens is 1. The van der Waals surface area contributed by atoms with Crippen LogP contribution in [0.4, 0.5) is 9.18 Å². The second-order valence-corrected chi connectivity index (χ2v) is 18.7. The predicted octanol–water partition coefficient (Wildman–Crippen LogP) is 5.67. The lowest BCUT2D eigenvalue weighted by Crippen LogP contribution is -2.58. The summed E-state index contributed by atoms with van der Waals surface area (Å²) in [6.45, 7) is -0.125. The molecule has 0 spiro atoms. The number of alkyl carbamates (subject to hydrolysis) is 1. The Morgan fingerprint density at radius 1 is 0.983 bits per heavy atom. The SMILES string of the molecule is COc1ccc2c(c1)oc1c(O[C@@H]3C[C@H]4C(=O)N[C@]5(C(=O)NS(=O)(=O)C6CC6)C[C@H]5C=CCCCCC[C@H](NC(=O)OC5CCCC5)C(=O)N4C3)c3cc(F)ccc3nc12. The summed E-state index contributed by atoms with van der Waals surface area (Å²) in [5, 5.41) is 5.98. The van der Waals surface area contributed by atoms with E-state index in [0.717, 1.165) is 38.5 Å². The van der Waals surface area contributed by atoms with Gasteiger partial charge in [-0.15, -0.1) is 0 Å². The van der Waals surface area contributed by atoms with Crippen LogP contribution in [0.15, 0.2) is 53.0 Å². The normalized spacial score (nSPS) is 26.5. The number of fused-ring (bicyclic) bond motifs is 6. The van der Waals surface area contributed by atoms with Gasteiger partial charge in [-0.05, 0) is 94.5 Å². The fraction of sp³-hybridized carbons (Fsp3) is 0.512. The van der Waals surface area contributed by atoms with Crippen LogP contribution in [0.3, 0.4) is 0 Å². The average molecular weight is 846 g/mol. The average Bonchev–Trinajstić information content (AvgIpc) is 4.04. The molecular weight excluding hydrogens is 798 g/mol. The number of carbonyl (C=O) groups excluding carboxylic acids is 4. The molecule has 9 rings (SSSR count). The molecule has 2 aromatic heterocycles. The summed E-state index contributed by atoms with van der Waals surface area (Å²) >= 11 is 0. The molecule has 4 amide bonds. The zero-order valence-corrected chi connectivity index (χ0v) is 34.1. The van der Waals surface area contributed by atoms with Gasteiger partial charge in [0.15, 0.2) is 11.3 Å². The van der Waals surface area contributed by atoms with Crippen molar-refractivity contribution >= 4 is 66.8 Å². The largest absolute Gasteiger partial charge is 0.497 e. The van der Waals surface area contributed by atoms with Gasteiger partial charge in [-0.2, -0.15) is 0 Å². The molecule has 0 radical (unpaired) electrons. The number of furan rings is 1. The monoisotopic (exact) mass is 845 g/mol. The molecule has 5 aliphatic rings. The lowest BCUT2D eigenvalue weighted by molar-refractivity contribution is -0.141. The maximum Gasteiger partial charge on any atom is 0.408 e. The van der Waals surface area contributed by atoms with Crippen molar-refractivity contribution in [2.75, 3.05) is 13.7 Å². The van der Waals surface area contributed by atoms with Crippen molar-refractivity contribution in [1.29, 1.82) is 0 Å². The van der Waals surface area contributed by atoms with Gasteiger partial charge in [0.25, 0.3) is 5.91 Å². The van der Waals surface area contributed by atoms with E-state index in [1.165, 1.54) is 30.2 Å². The molecule has 1 saturated heterocycles.